The van der Waals surface area contributed by atoms with Crippen LogP contribution in [0.2, 0.25) is 0 Å². The Hall–Kier alpha value is -3.15. The van der Waals surface area contributed by atoms with Crippen LogP contribution in [0.25, 0.3) is 0 Å². The minimum absolute atomic E-state index is 0.267. The van der Waals surface area contributed by atoms with Crippen LogP contribution in [0.3, 0.4) is 0 Å². The van der Waals surface area contributed by atoms with Gasteiger partial charge in [0.05, 0.1) is 13.2 Å². The van der Waals surface area contributed by atoms with Crippen molar-refractivity contribution >= 4 is 17.7 Å². The highest BCUT2D eigenvalue weighted by molar-refractivity contribution is 6.11. The number of nitrogens with zero attached hydrogens (tertiary/aromatic N) is 1. The molecule has 0 aromatic heterocycles. The molecule has 1 atom stereocenters. The zero-order valence-electron chi connectivity index (χ0n) is 15.9. The highest BCUT2D eigenvalue weighted by atomic mass is 16.5. The van der Waals surface area contributed by atoms with Crippen LogP contribution in [0.5, 0.6) is 5.75 Å². The minimum atomic E-state index is -1.16. The van der Waals surface area contributed by atoms with E-state index in [9.17, 15) is 14.4 Å². The number of hydrogen-bond acceptors (Lipinski definition) is 4. The van der Waals surface area contributed by atoms with Crippen molar-refractivity contribution in [1.29, 1.82) is 0 Å². The zero-order valence-corrected chi connectivity index (χ0v) is 15.9. The SMILES string of the molecule is CC(C)c1ccc(C(=O)CN2C(=O)N[C@]3(CCOc4ccccc43)C2=O)cc1. The third-order valence-corrected chi connectivity index (χ3v) is 5.46. The number of carbonyl (C=O) groups is 3. The van der Waals surface area contributed by atoms with Crippen LogP contribution in [0.4, 0.5) is 4.79 Å². The quantitative estimate of drug-likeness (QED) is 0.655. The minimum Gasteiger partial charge on any atom is -0.493 e. The predicted molar refractivity (Wildman–Crippen MR) is 103 cm³/mol. The number of fused-ring (bicyclic) bond motifs is 2. The van der Waals surface area contributed by atoms with Crippen molar-refractivity contribution in [2.45, 2.75) is 31.7 Å². The molecule has 0 aliphatic carbocycles. The summed E-state index contributed by atoms with van der Waals surface area (Å²) in [6.07, 6.45) is 0.336. The fourth-order valence-electron chi connectivity index (χ4n) is 3.80. The van der Waals surface area contributed by atoms with Crippen LogP contribution in [-0.2, 0) is 10.3 Å². The maximum absolute atomic E-state index is 13.2. The van der Waals surface area contributed by atoms with Gasteiger partial charge in [-0.05, 0) is 17.5 Å². The van der Waals surface area contributed by atoms with Crippen molar-refractivity contribution in [2.75, 3.05) is 13.2 Å². The Morgan fingerprint density at radius 1 is 1.14 bits per heavy atom. The van der Waals surface area contributed by atoms with Gasteiger partial charge in [-0.2, -0.15) is 0 Å². The third kappa shape index (κ3) is 2.85. The molecule has 2 aromatic carbocycles. The molecule has 2 aliphatic heterocycles. The van der Waals surface area contributed by atoms with Crippen LogP contribution in [0.15, 0.2) is 48.5 Å². The van der Waals surface area contributed by atoms with Gasteiger partial charge in [0.2, 0.25) is 0 Å². The Bertz CT molecular complexity index is 951. The lowest BCUT2D eigenvalue weighted by Crippen LogP contribution is -2.47. The van der Waals surface area contributed by atoms with Gasteiger partial charge in [-0.15, -0.1) is 0 Å². The van der Waals surface area contributed by atoms with Gasteiger partial charge in [-0.1, -0.05) is 56.3 Å². The molecule has 1 fully saturated rings. The molecule has 1 spiro atoms. The third-order valence-electron chi connectivity index (χ3n) is 5.46. The van der Waals surface area contributed by atoms with E-state index in [4.69, 9.17) is 4.74 Å². The summed E-state index contributed by atoms with van der Waals surface area (Å²) in [6, 6.07) is 13.9. The monoisotopic (exact) mass is 378 g/mol. The number of ketones is 1. The Morgan fingerprint density at radius 2 is 1.86 bits per heavy atom. The average Bonchev–Trinajstić information content (AvgIpc) is 2.93. The van der Waals surface area contributed by atoms with Crippen molar-refractivity contribution in [3.8, 4) is 5.75 Å². The molecule has 2 aromatic rings. The standard InChI is InChI=1S/C22H22N2O4/c1-14(2)15-7-9-16(10-8-15)18(25)13-24-20(26)22(23-21(24)27)11-12-28-19-6-4-3-5-17(19)22/h3-10,14H,11-13H2,1-2H3,(H,23,27)/t22-/m0/s1. The smallest absolute Gasteiger partial charge is 0.325 e. The average molecular weight is 378 g/mol. The van der Waals surface area contributed by atoms with Gasteiger partial charge in [0.15, 0.2) is 11.3 Å². The molecule has 2 aliphatic rings. The molecular weight excluding hydrogens is 356 g/mol. The van der Waals surface area contributed by atoms with Crippen LogP contribution < -0.4 is 10.1 Å². The second kappa shape index (κ2) is 6.78. The lowest BCUT2D eigenvalue weighted by molar-refractivity contribution is -0.132. The molecule has 6 nitrogen and oxygen atoms in total. The van der Waals surface area contributed by atoms with Crippen LogP contribution in [-0.4, -0.2) is 35.8 Å². The first kappa shape index (κ1) is 18.2. The van der Waals surface area contributed by atoms with Gasteiger partial charge in [0.25, 0.3) is 5.91 Å². The van der Waals surface area contributed by atoms with E-state index in [1.165, 1.54) is 0 Å². The second-order valence-corrected chi connectivity index (χ2v) is 7.52. The molecule has 6 heteroatoms. The molecule has 28 heavy (non-hydrogen) atoms. The lowest BCUT2D eigenvalue weighted by atomic mass is 9.84. The van der Waals surface area contributed by atoms with Gasteiger partial charge >= 0.3 is 6.03 Å². The Kier molecular flexibility index (Phi) is 4.41. The van der Waals surface area contributed by atoms with Crippen LogP contribution in [0, 0.1) is 0 Å². The first-order chi connectivity index (χ1) is 13.4. The molecule has 0 unspecified atom stereocenters. The molecule has 4 rings (SSSR count). The van der Waals surface area contributed by atoms with E-state index >= 15 is 0 Å². The normalized spacial score (nSPS) is 20.9. The number of benzene rings is 2. The summed E-state index contributed by atoms with van der Waals surface area (Å²) < 4.78 is 5.62. The molecule has 0 radical (unpaired) electrons. The van der Waals surface area contributed by atoms with Gasteiger partial charge in [0.1, 0.15) is 5.75 Å². The number of carbonyl (C=O) groups excluding carboxylic acids is 3. The number of amides is 3. The van der Waals surface area contributed by atoms with Crippen molar-refractivity contribution in [3.63, 3.8) is 0 Å². The van der Waals surface area contributed by atoms with E-state index < -0.39 is 17.5 Å². The first-order valence-electron chi connectivity index (χ1n) is 9.42. The molecule has 1 N–H and O–H groups in total. The Labute approximate surface area is 163 Å². The molecule has 1 saturated heterocycles. The van der Waals surface area contributed by atoms with E-state index in [0.29, 0.717) is 35.8 Å². The predicted octanol–water partition coefficient (Wildman–Crippen LogP) is 3.22. The van der Waals surface area contributed by atoms with Crippen LogP contribution >= 0.6 is 0 Å². The first-order valence-corrected chi connectivity index (χ1v) is 9.42. The Balaban J connectivity index is 1.58. The molecule has 144 valence electrons. The Morgan fingerprint density at radius 3 is 2.57 bits per heavy atom. The van der Waals surface area contributed by atoms with E-state index in [0.717, 1.165) is 10.5 Å². The van der Waals surface area contributed by atoms with Gasteiger partial charge in [0, 0.05) is 17.5 Å². The maximum atomic E-state index is 13.2. The second-order valence-electron chi connectivity index (χ2n) is 7.52. The zero-order chi connectivity index (χ0) is 19.9. The molecule has 0 saturated carbocycles. The number of ether oxygens (including phenoxy) is 1. The van der Waals surface area contributed by atoms with Crippen molar-refractivity contribution in [3.05, 3.63) is 65.2 Å². The number of nitrogens with one attached hydrogen (secondary N) is 1. The van der Waals surface area contributed by atoms with E-state index in [1.807, 2.05) is 18.2 Å². The van der Waals surface area contributed by atoms with Crippen molar-refractivity contribution in [2.24, 2.45) is 0 Å². The summed E-state index contributed by atoms with van der Waals surface area (Å²) in [4.78, 5) is 39.5. The highest BCUT2D eigenvalue weighted by Gasteiger charge is 2.55. The number of rotatable bonds is 4. The highest BCUT2D eigenvalue weighted by Crippen LogP contribution is 2.40. The summed E-state index contributed by atoms with van der Waals surface area (Å²) in [5.74, 6) is 0.278. The summed E-state index contributed by atoms with van der Waals surface area (Å²) in [7, 11) is 0. The maximum Gasteiger partial charge on any atom is 0.325 e. The van der Waals surface area contributed by atoms with Crippen molar-refractivity contribution in [1.82, 2.24) is 10.2 Å². The van der Waals surface area contributed by atoms with Crippen molar-refractivity contribution < 1.29 is 19.1 Å². The number of para-hydroxylation sites is 1. The van der Waals surface area contributed by atoms with E-state index in [1.54, 1.807) is 30.3 Å². The summed E-state index contributed by atoms with van der Waals surface area (Å²) in [5.41, 5.74) is 1.09. The number of imide groups is 1. The van der Waals surface area contributed by atoms with Gasteiger partial charge in [-0.3, -0.25) is 14.5 Å². The topological polar surface area (TPSA) is 75.7 Å². The largest absolute Gasteiger partial charge is 0.493 e. The van der Waals surface area contributed by atoms with Gasteiger partial charge in [-0.25, -0.2) is 4.79 Å². The number of urea groups is 1. The van der Waals surface area contributed by atoms with Crippen LogP contribution in [0.1, 0.15) is 47.7 Å². The van der Waals surface area contributed by atoms with E-state index in [2.05, 4.69) is 19.2 Å². The number of hydrogen-bond donors (Lipinski definition) is 1. The fraction of sp³-hybridized carbons (Fsp3) is 0.318. The molecule has 2 heterocycles. The lowest BCUT2D eigenvalue weighted by Gasteiger charge is -2.33. The number of Topliss-reactive ketones (excluding diaryl/α,β-unsaturated/α-hetero) is 1. The molecule has 0 bridgehead atoms. The fourth-order valence-corrected chi connectivity index (χ4v) is 3.80. The molecule has 3 amide bonds. The summed E-state index contributed by atoms with van der Waals surface area (Å²) in [5, 5.41) is 2.81. The summed E-state index contributed by atoms with van der Waals surface area (Å²) in [6.45, 7) is 4.20. The van der Waals surface area contributed by atoms with E-state index in [-0.39, 0.29) is 12.3 Å². The summed E-state index contributed by atoms with van der Waals surface area (Å²) >= 11 is 0. The van der Waals surface area contributed by atoms with Gasteiger partial charge < -0.3 is 10.1 Å². The molecular formula is C22H22N2O4.